The fourth-order valence-corrected chi connectivity index (χ4v) is 1.71. The minimum atomic E-state index is -1.13. The van der Waals surface area contributed by atoms with E-state index in [-0.39, 0.29) is 0 Å². The van der Waals surface area contributed by atoms with Crippen LogP contribution >= 0.6 is 0 Å². The molecule has 22 heavy (non-hydrogen) atoms. The van der Waals surface area contributed by atoms with Crippen LogP contribution in [-0.2, 0) is 9.53 Å². The van der Waals surface area contributed by atoms with Crippen molar-refractivity contribution in [3.8, 4) is 5.75 Å². The highest BCUT2D eigenvalue weighted by Crippen LogP contribution is 2.13. The van der Waals surface area contributed by atoms with E-state index in [1.165, 1.54) is 14.0 Å². The Morgan fingerprint density at radius 1 is 1.18 bits per heavy atom. The van der Waals surface area contributed by atoms with Gasteiger partial charge in [-0.3, -0.25) is 4.79 Å². The van der Waals surface area contributed by atoms with Crippen molar-refractivity contribution in [1.29, 1.82) is 0 Å². The van der Waals surface area contributed by atoms with Gasteiger partial charge in [0.15, 0.2) is 6.04 Å². The molecule has 122 valence electrons. The van der Waals surface area contributed by atoms with Gasteiger partial charge in [0.2, 0.25) is 0 Å². The fraction of sp³-hybridized carbons (Fsp3) is 0.500. The molecule has 0 heterocycles. The average Bonchev–Trinajstić information content (AvgIpc) is 2.42. The van der Waals surface area contributed by atoms with Crippen LogP contribution < -0.4 is 10.1 Å². The van der Waals surface area contributed by atoms with Crippen molar-refractivity contribution in [2.75, 3.05) is 7.11 Å². The predicted molar refractivity (Wildman–Crippen MR) is 81.8 cm³/mol. The van der Waals surface area contributed by atoms with Gasteiger partial charge in [-0.1, -0.05) is 0 Å². The number of hydrogen-bond donors (Lipinski definition) is 2. The first kappa shape index (κ1) is 18.0. The normalized spacial score (nSPS) is 13.9. The van der Waals surface area contributed by atoms with Gasteiger partial charge in [0.25, 0.3) is 5.91 Å². The number of carbonyl (C=O) groups excluding carboxylic acids is 2. The maximum Gasteiger partial charge on any atom is 0.331 e. The van der Waals surface area contributed by atoms with Crippen LogP contribution in [-0.4, -0.2) is 41.8 Å². The van der Waals surface area contributed by atoms with Crippen molar-refractivity contribution in [2.45, 2.75) is 45.4 Å². The van der Waals surface area contributed by atoms with Gasteiger partial charge in [0, 0.05) is 5.56 Å². The van der Waals surface area contributed by atoms with E-state index in [2.05, 4.69) is 5.32 Å². The van der Waals surface area contributed by atoms with E-state index in [0.29, 0.717) is 11.3 Å². The van der Waals surface area contributed by atoms with Gasteiger partial charge in [0.1, 0.15) is 11.4 Å². The van der Waals surface area contributed by atoms with Crippen molar-refractivity contribution >= 4 is 11.9 Å². The Morgan fingerprint density at radius 3 is 2.14 bits per heavy atom. The number of methoxy groups -OCH3 is 1. The third-order valence-corrected chi connectivity index (χ3v) is 2.78. The molecule has 0 unspecified atom stereocenters. The van der Waals surface area contributed by atoms with Gasteiger partial charge in [0.05, 0.1) is 13.2 Å². The number of rotatable bonds is 5. The molecule has 1 aromatic carbocycles. The number of carbonyl (C=O) groups is 2. The van der Waals surface area contributed by atoms with Crippen molar-refractivity contribution in [1.82, 2.24) is 5.32 Å². The first-order valence-electron chi connectivity index (χ1n) is 7.00. The van der Waals surface area contributed by atoms with Crippen LogP contribution in [0.5, 0.6) is 5.75 Å². The zero-order valence-corrected chi connectivity index (χ0v) is 13.5. The molecule has 1 amide bonds. The molecule has 1 aromatic rings. The van der Waals surface area contributed by atoms with Crippen molar-refractivity contribution in [3.63, 3.8) is 0 Å². The van der Waals surface area contributed by atoms with E-state index in [1.54, 1.807) is 45.0 Å². The number of amides is 1. The molecule has 0 spiro atoms. The molecular formula is C16H23NO5. The van der Waals surface area contributed by atoms with Gasteiger partial charge < -0.3 is 19.9 Å². The first-order chi connectivity index (χ1) is 10.1. The van der Waals surface area contributed by atoms with Gasteiger partial charge >= 0.3 is 5.97 Å². The first-order valence-corrected chi connectivity index (χ1v) is 7.00. The quantitative estimate of drug-likeness (QED) is 0.806. The monoisotopic (exact) mass is 309 g/mol. The topological polar surface area (TPSA) is 84.9 Å². The highest BCUT2D eigenvalue weighted by molar-refractivity contribution is 5.97. The van der Waals surface area contributed by atoms with Crippen LogP contribution in [0.4, 0.5) is 0 Å². The van der Waals surface area contributed by atoms with E-state index in [4.69, 9.17) is 9.47 Å². The molecule has 6 nitrogen and oxygen atoms in total. The lowest BCUT2D eigenvalue weighted by Gasteiger charge is -2.26. The number of benzene rings is 1. The van der Waals surface area contributed by atoms with E-state index < -0.39 is 29.6 Å². The molecule has 0 aliphatic carbocycles. The molecule has 0 aliphatic rings. The number of nitrogens with one attached hydrogen (secondary N) is 1. The Morgan fingerprint density at radius 2 is 1.73 bits per heavy atom. The Balaban J connectivity index is 2.81. The molecule has 2 N–H and O–H groups in total. The van der Waals surface area contributed by atoms with Crippen LogP contribution in [0.25, 0.3) is 0 Å². The summed E-state index contributed by atoms with van der Waals surface area (Å²) in [5.74, 6) is -0.528. The Bertz CT molecular complexity index is 516. The van der Waals surface area contributed by atoms with Crippen LogP contribution in [0.15, 0.2) is 24.3 Å². The second kappa shape index (κ2) is 7.26. The van der Waals surface area contributed by atoms with E-state index in [0.717, 1.165) is 0 Å². The summed E-state index contributed by atoms with van der Waals surface area (Å²) in [6, 6.07) is 5.29. The third-order valence-electron chi connectivity index (χ3n) is 2.78. The fourth-order valence-electron chi connectivity index (χ4n) is 1.71. The van der Waals surface area contributed by atoms with E-state index in [1.807, 2.05) is 0 Å². The second-order valence-electron chi connectivity index (χ2n) is 5.95. The zero-order valence-electron chi connectivity index (χ0n) is 13.5. The number of esters is 1. The summed E-state index contributed by atoms with van der Waals surface area (Å²) in [4.78, 5) is 24.2. The zero-order chi connectivity index (χ0) is 16.9. The van der Waals surface area contributed by atoms with Gasteiger partial charge in [-0.15, -0.1) is 0 Å². The minimum Gasteiger partial charge on any atom is -0.497 e. The maximum atomic E-state index is 12.2. The molecule has 0 aliphatic heterocycles. The Labute approximate surface area is 130 Å². The smallest absolute Gasteiger partial charge is 0.331 e. The summed E-state index contributed by atoms with van der Waals surface area (Å²) >= 11 is 0. The highest BCUT2D eigenvalue weighted by Gasteiger charge is 2.30. The number of aliphatic hydroxyl groups is 1. The molecule has 0 aromatic heterocycles. The number of aliphatic hydroxyl groups excluding tert-OH is 1. The SMILES string of the molecule is COc1ccc(C(=O)N[C@H](C(=O)OC(C)(C)C)[C@@H](C)O)cc1. The molecule has 1 rings (SSSR count). The minimum absolute atomic E-state index is 0.356. The van der Waals surface area contributed by atoms with Crippen molar-refractivity contribution in [3.05, 3.63) is 29.8 Å². The van der Waals surface area contributed by atoms with Gasteiger partial charge in [-0.2, -0.15) is 0 Å². The van der Waals surface area contributed by atoms with E-state index >= 15 is 0 Å². The molecule has 0 bridgehead atoms. The number of ether oxygens (including phenoxy) is 2. The van der Waals surface area contributed by atoms with Crippen LogP contribution in [0.3, 0.4) is 0 Å². The third kappa shape index (κ3) is 5.37. The maximum absolute atomic E-state index is 12.2. The largest absolute Gasteiger partial charge is 0.497 e. The van der Waals surface area contributed by atoms with Crippen LogP contribution in [0.1, 0.15) is 38.1 Å². The van der Waals surface area contributed by atoms with Gasteiger partial charge in [-0.05, 0) is 52.0 Å². The van der Waals surface area contributed by atoms with Crippen LogP contribution in [0.2, 0.25) is 0 Å². The predicted octanol–water partition coefficient (Wildman–Crippen LogP) is 1.52. The highest BCUT2D eigenvalue weighted by atomic mass is 16.6. The lowest BCUT2D eigenvalue weighted by atomic mass is 10.1. The van der Waals surface area contributed by atoms with Crippen molar-refractivity contribution in [2.24, 2.45) is 0 Å². The lowest BCUT2D eigenvalue weighted by molar-refractivity contribution is -0.159. The number of hydrogen-bond acceptors (Lipinski definition) is 5. The lowest BCUT2D eigenvalue weighted by Crippen LogP contribution is -2.50. The summed E-state index contributed by atoms with van der Waals surface area (Å²) in [6.45, 7) is 6.57. The molecule has 2 atom stereocenters. The molecule has 0 saturated heterocycles. The molecule has 0 saturated carbocycles. The summed E-state index contributed by atoms with van der Waals surface area (Å²) in [5.41, 5.74) is -0.343. The Hall–Kier alpha value is -2.08. The van der Waals surface area contributed by atoms with Crippen molar-refractivity contribution < 1.29 is 24.2 Å². The summed E-state index contributed by atoms with van der Waals surface area (Å²) in [5, 5.41) is 12.2. The Kier molecular flexibility index (Phi) is 5.93. The standard InChI is InChI=1S/C16H23NO5/c1-10(18)13(15(20)22-16(2,3)4)17-14(19)11-6-8-12(21-5)9-7-11/h6-10,13,18H,1-5H3,(H,17,19)/t10-,13+/m1/s1. The molecule has 0 radical (unpaired) electrons. The van der Waals surface area contributed by atoms with Crippen LogP contribution in [0, 0.1) is 0 Å². The molecular weight excluding hydrogens is 286 g/mol. The van der Waals surface area contributed by atoms with E-state index in [9.17, 15) is 14.7 Å². The summed E-state index contributed by atoms with van der Waals surface area (Å²) in [7, 11) is 1.53. The average molecular weight is 309 g/mol. The molecule has 6 heteroatoms. The summed E-state index contributed by atoms with van der Waals surface area (Å²) < 4.78 is 10.2. The van der Waals surface area contributed by atoms with Gasteiger partial charge in [-0.25, -0.2) is 4.79 Å². The second-order valence-corrected chi connectivity index (χ2v) is 5.95. The summed E-state index contributed by atoms with van der Waals surface area (Å²) in [6.07, 6.45) is -1.07. The molecule has 0 fully saturated rings.